The minimum absolute atomic E-state index is 0.334. The highest BCUT2D eigenvalue weighted by molar-refractivity contribution is 7.16. The van der Waals surface area contributed by atoms with Gasteiger partial charge in [-0.3, -0.25) is 4.79 Å². The van der Waals surface area contributed by atoms with Gasteiger partial charge in [0.2, 0.25) is 0 Å². The second-order valence-electron chi connectivity index (χ2n) is 5.83. The molecule has 1 N–H and O–H groups in total. The lowest BCUT2D eigenvalue weighted by molar-refractivity contribution is 0.0601. The summed E-state index contributed by atoms with van der Waals surface area (Å²) in [4.78, 5) is 25.9. The first-order valence-electron chi connectivity index (χ1n) is 8.02. The summed E-state index contributed by atoms with van der Waals surface area (Å²) in [7, 11) is 2.85. The van der Waals surface area contributed by atoms with Gasteiger partial charge in [0.1, 0.15) is 10.8 Å². The molecule has 1 amide bonds. The maximum Gasteiger partial charge on any atom is 0.341 e. The standard InChI is InChI=1S/C20H19NO4S/c1-11-12(2)26-19(17(11)20(23)25-4)21-18(22)15-9-13-7-5-6-8-14(13)10-16(15)24-3/h5-10H,1-4H3,(H,21,22). The molecule has 6 heteroatoms. The van der Waals surface area contributed by atoms with Gasteiger partial charge in [0.15, 0.2) is 0 Å². The van der Waals surface area contributed by atoms with E-state index < -0.39 is 5.97 Å². The van der Waals surface area contributed by atoms with E-state index in [0.717, 1.165) is 21.2 Å². The van der Waals surface area contributed by atoms with Gasteiger partial charge in [-0.2, -0.15) is 0 Å². The van der Waals surface area contributed by atoms with Gasteiger partial charge >= 0.3 is 5.97 Å². The summed E-state index contributed by atoms with van der Waals surface area (Å²) in [6.07, 6.45) is 0. The number of rotatable bonds is 4. The number of benzene rings is 2. The summed E-state index contributed by atoms with van der Waals surface area (Å²) in [5.74, 6) is -0.322. The van der Waals surface area contributed by atoms with E-state index in [1.807, 2.05) is 44.2 Å². The summed E-state index contributed by atoms with van der Waals surface area (Å²) in [6.45, 7) is 3.74. The molecular weight excluding hydrogens is 350 g/mol. The first-order valence-corrected chi connectivity index (χ1v) is 8.84. The third-order valence-electron chi connectivity index (χ3n) is 4.31. The van der Waals surface area contributed by atoms with Gasteiger partial charge in [0, 0.05) is 4.88 Å². The van der Waals surface area contributed by atoms with Gasteiger partial charge in [-0.15, -0.1) is 11.3 Å². The average Bonchev–Trinajstić information content (AvgIpc) is 2.93. The molecule has 3 rings (SSSR count). The third-order valence-corrected chi connectivity index (χ3v) is 5.44. The predicted octanol–water partition coefficient (Wildman–Crippen LogP) is 4.57. The number of hydrogen-bond donors (Lipinski definition) is 1. The Balaban J connectivity index is 2.02. The Kier molecular flexibility index (Phi) is 4.95. The molecule has 0 saturated carbocycles. The largest absolute Gasteiger partial charge is 0.496 e. The molecule has 3 aromatic rings. The van der Waals surface area contributed by atoms with E-state index in [-0.39, 0.29) is 5.91 Å². The molecule has 0 unspecified atom stereocenters. The fraction of sp³-hybridized carbons (Fsp3) is 0.200. The first-order chi connectivity index (χ1) is 12.5. The molecule has 1 heterocycles. The van der Waals surface area contributed by atoms with Crippen molar-refractivity contribution >= 4 is 39.0 Å². The van der Waals surface area contributed by atoms with Crippen LogP contribution in [0.4, 0.5) is 5.00 Å². The highest BCUT2D eigenvalue weighted by atomic mass is 32.1. The van der Waals surface area contributed by atoms with Crippen LogP contribution in [0.3, 0.4) is 0 Å². The lowest BCUT2D eigenvalue weighted by Crippen LogP contribution is -2.15. The molecule has 2 aromatic carbocycles. The minimum Gasteiger partial charge on any atom is -0.496 e. The van der Waals surface area contributed by atoms with E-state index in [4.69, 9.17) is 9.47 Å². The fourth-order valence-corrected chi connectivity index (χ4v) is 3.84. The van der Waals surface area contributed by atoms with Crippen molar-refractivity contribution in [2.45, 2.75) is 13.8 Å². The normalized spacial score (nSPS) is 10.6. The number of ether oxygens (including phenoxy) is 2. The molecule has 1 aromatic heterocycles. The van der Waals surface area contributed by atoms with Crippen LogP contribution < -0.4 is 10.1 Å². The summed E-state index contributed by atoms with van der Waals surface area (Å²) in [5.41, 5.74) is 1.61. The summed E-state index contributed by atoms with van der Waals surface area (Å²) >= 11 is 1.35. The van der Waals surface area contributed by atoms with Gasteiger partial charge in [-0.05, 0) is 42.3 Å². The number of anilines is 1. The number of fused-ring (bicyclic) bond motifs is 1. The second kappa shape index (κ2) is 7.17. The molecule has 0 bridgehead atoms. The van der Waals surface area contributed by atoms with Crippen molar-refractivity contribution in [2.75, 3.05) is 19.5 Å². The number of nitrogens with one attached hydrogen (secondary N) is 1. The zero-order chi connectivity index (χ0) is 18.8. The van der Waals surface area contributed by atoms with Crippen molar-refractivity contribution in [1.82, 2.24) is 0 Å². The monoisotopic (exact) mass is 369 g/mol. The van der Waals surface area contributed by atoms with E-state index in [2.05, 4.69) is 5.32 Å². The Hall–Kier alpha value is -2.86. The van der Waals surface area contributed by atoms with Crippen LogP contribution in [-0.2, 0) is 4.74 Å². The Morgan fingerprint density at radius 3 is 2.31 bits per heavy atom. The number of methoxy groups -OCH3 is 2. The van der Waals surface area contributed by atoms with Gasteiger partial charge in [-0.25, -0.2) is 4.79 Å². The van der Waals surface area contributed by atoms with E-state index in [1.54, 1.807) is 6.07 Å². The topological polar surface area (TPSA) is 64.6 Å². The van der Waals surface area contributed by atoms with Gasteiger partial charge in [0.05, 0.1) is 25.3 Å². The quantitative estimate of drug-likeness (QED) is 0.685. The Labute approximate surface area is 155 Å². The Morgan fingerprint density at radius 1 is 1.04 bits per heavy atom. The van der Waals surface area contributed by atoms with Crippen LogP contribution in [0.2, 0.25) is 0 Å². The highest BCUT2D eigenvalue weighted by Crippen LogP contribution is 2.34. The SMILES string of the molecule is COC(=O)c1c(NC(=O)c2cc3ccccc3cc2OC)sc(C)c1C. The highest BCUT2D eigenvalue weighted by Gasteiger charge is 2.23. The molecule has 0 aliphatic heterocycles. The van der Waals surface area contributed by atoms with Crippen molar-refractivity contribution in [3.05, 3.63) is 58.0 Å². The van der Waals surface area contributed by atoms with E-state index in [1.165, 1.54) is 25.6 Å². The predicted molar refractivity (Wildman–Crippen MR) is 104 cm³/mol. The number of carbonyl (C=O) groups excluding carboxylic acids is 2. The molecule has 0 saturated heterocycles. The summed E-state index contributed by atoms with van der Waals surface area (Å²) < 4.78 is 10.2. The molecule has 0 fully saturated rings. The molecular formula is C20H19NO4S. The molecule has 26 heavy (non-hydrogen) atoms. The molecule has 0 atom stereocenters. The molecule has 0 aliphatic rings. The van der Waals surface area contributed by atoms with Crippen LogP contribution in [0.25, 0.3) is 10.8 Å². The maximum atomic E-state index is 12.9. The summed E-state index contributed by atoms with van der Waals surface area (Å²) in [5, 5.41) is 5.24. The van der Waals surface area contributed by atoms with Crippen LogP contribution in [-0.4, -0.2) is 26.1 Å². The van der Waals surface area contributed by atoms with Crippen molar-refractivity contribution in [1.29, 1.82) is 0 Å². The van der Waals surface area contributed by atoms with Gasteiger partial charge in [-0.1, -0.05) is 24.3 Å². The molecule has 0 aliphatic carbocycles. The number of thiophene rings is 1. The fourth-order valence-electron chi connectivity index (χ4n) is 2.80. The van der Waals surface area contributed by atoms with Crippen LogP contribution in [0.1, 0.15) is 31.2 Å². The van der Waals surface area contributed by atoms with Crippen molar-refractivity contribution in [2.24, 2.45) is 0 Å². The van der Waals surface area contributed by atoms with Gasteiger partial charge < -0.3 is 14.8 Å². The number of amides is 1. The van der Waals surface area contributed by atoms with Crippen LogP contribution in [0.15, 0.2) is 36.4 Å². The average molecular weight is 369 g/mol. The smallest absolute Gasteiger partial charge is 0.341 e. The minimum atomic E-state index is -0.465. The third kappa shape index (κ3) is 3.15. The molecule has 0 spiro atoms. The summed E-state index contributed by atoms with van der Waals surface area (Å²) in [6, 6.07) is 11.4. The van der Waals surface area contributed by atoms with Crippen molar-refractivity contribution in [3.63, 3.8) is 0 Å². The number of aryl methyl sites for hydroxylation is 1. The molecule has 0 radical (unpaired) electrons. The van der Waals surface area contributed by atoms with Gasteiger partial charge in [0.25, 0.3) is 5.91 Å². The van der Waals surface area contributed by atoms with Crippen LogP contribution >= 0.6 is 11.3 Å². The Bertz CT molecular complexity index is 1010. The zero-order valence-electron chi connectivity index (χ0n) is 15.0. The number of esters is 1. The van der Waals surface area contributed by atoms with Crippen molar-refractivity contribution < 1.29 is 19.1 Å². The maximum absolute atomic E-state index is 12.9. The van der Waals surface area contributed by atoms with E-state index in [9.17, 15) is 9.59 Å². The number of carbonyl (C=O) groups is 2. The first kappa shape index (κ1) is 17.9. The Morgan fingerprint density at radius 2 is 1.69 bits per heavy atom. The van der Waals surface area contributed by atoms with Crippen LogP contribution in [0.5, 0.6) is 5.75 Å². The molecule has 134 valence electrons. The van der Waals surface area contributed by atoms with E-state index in [0.29, 0.717) is 21.9 Å². The van der Waals surface area contributed by atoms with Crippen molar-refractivity contribution in [3.8, 4) is 5.75 Å². The molecule has 5 nitrogen and oxygen atoms in total. The lowest BCUT2D eigenvalue weighted by Gasteiger charge is -2.11. The van der Waals surface area contributed by atoms with Crippen LogP contribution in [0, 0.1) is 13.8 Å². The lowest BCUT2D eigenvalue weighted by atomic mass is 10.1. The second-order valence-corrected chi connectivity index (χ2v) is 7.06. The number of hydrogen-bond acceptors (Lipinski definition) is 5. The zero-order valence-corrected chi connectivity index (χ0v) is 15.8. The van der Waals surface area contributed by atoms with E-state index >= 15 is 0 Å².